The van der Waals surface area contributed by atoms with Gasteiger partial charge in [0.05, 0.1) is 16.8 Å². The van der Waals surface area contributed by atoms with E-state index in [9.17, 15) is 9.90 Å². The van der Waals surface area contributed by atoms with Crippen molar-refractivity contribution in [3.63, 3.8) is 0 Å². The van der Waals surface area contributed by atoms with E-state index < -0.39 is 5.69 Å². The van der Waals surface area contributed by atoms with Gasteiger partial charge in [0, 0.05) is 22.2 Å². The van der Waals surface area contributed by atoms with Gasteiger partial charge in [0.25, 0.3) is 0 Å². The van der Waals surface area contributed by atoms with Crippen LogP contribution in [0.2, 0.25) is 0 Å². The van der Waals surface area contributed by atoms with E-state index in [-0.39, 0.29) is 17.6 Å². The number of hydrogen-bond acceptors (Lipinski definition) is 6. The van der Waals surface area contributed by atoms with Gasteiger partial charge in [-0.15, -0.1) is 11.3 Å². The summed E-state index contributed by atoms with van der Waals surface area (Å²) in [5.74, 6) is -0.225. The Hall–Kier alpha value is -3.20. The molecular weight excluding hydrogens is 364 g/mol. The Morgan fingerprint density at radius 3 is 2.78 bits per heavy atom. The second kappa shape index (κ2) is 6.51. The lowest BCUT2D eigenvalue weighted by molar-refractivity contribution is 0.454. The number of H-pyrrole nitrogens is 2. The average molecular weight is 382 g/mol. The zero-order valence-corrected chi connectivity index (χ0v) is 15.8. The molecule has 3 N–H and O–H groups in total. The summed E-state index contributed by atoms with van der Waals surface area (Å²) in [5.41, 5.74) is 1.90. The van der Waals surface area contributed by atoms with E-state index in [1.807, 2.05) is 26.0 Å². The minimum atomic E-state index is -0.478. The predicted octanol–water partition coefficient (Wildman–Crippen LogP) is 1.35. The molecule has 0 atom stereocenters. The van der Waals surface area contributed by atoms with Gasteiger partial charge < -0.3 is 10.1 Å². The zero-order valence-electron chi connectivity index (χ0n) is 15.0. The smallest absolute Gasteiger partial charge is 0.326 e. The third-order valence-electron chi connectivity index (χ3n) is 3.90. The Kier molecular flexibility index (Phi) is 4.15. The summed E-state index contributed by atoms with van der Waals surface area (Å²) in [5, 5.41) is 14.9. The zero-order chi connectivity index (χ0) is 19.1. The number of nitrogens with zero attached hydrogens (tertiary/aromatic N) is 4. The first-order valence-corrected chi connectivity index (χ1v) is 9.25. The summed E-state index contributed by atoms with van der Waals surface area (Å²) in [6, 6.07) is 6.10. The lowest BCUT2D eigenvalue weighted by Gasteiger charge is -2.02. The van der Waals surface area contributed by atoms with Crippen molar-refractivity contribution >= 4 is 23.1 Å². The van der Waals surface area contributed by atoms with E-state index in [0.717, 1.165) is 10.6 Å². The Morgan fingerprint density at radius 1 is 1.33 bits per heavy atom. The number of rotatable bonds is 3. The monoisotopic (exact) mass is 382 g/mol. The quantitative estimate of drug-likeness (QED) is 0.496. The highest BCUT2D eigenvalue weighted by atomic mass is 32.1. The van der Waals surface area contributed by atoms with Crippen LogP contribution in [0.4, 0.5) is 0 Å². The van der Waals surface area contributed by atoms with Gasteiger partial charge in [-0.05, 0) is 39.0 Å². The molecule has 0 saturated carbocycles. The van der Waals surface area contributed by atoms with Crippen LogP contribution >= 0.6 is 11.3 Å². The van der Waals surface area contributed by atoms with Crippen LogP contribution in [-0.4, -0.2) is 35.7 Å². The molecule has 4 aromatic rings. The fourth-order valence-electron chi connectivity index (χ4n) is 2.77. The summed E-state index contributed by atoms with van der Waals surface area (Å²) in [4.78, 5) is 27.9. The SMILES string of the molecule is Cc1ccc(-c2cc(=NC(C)C)n3nc/c(=C/c4[nH]c(=O)[nH]c4O)c3n2)s1. The molecule has 0 aliphatic heterocycles. The van der Waals surface area contributed by atoms with Crippen LogP contribution in [0.25, 0.3) is 22.3 Å². The minimum absolute atomic E-state index is 0.0928. The second-order valence-corrected chi connectivity index (χ2v) is 7.74. The molecular formula is C18H18N6O2S. The first kappa shape index (κ1) is 17.2. The normalized spacial score (nSPS) is 13.3. The molecule has 4 aromatic heterocycles. The van der Waals surface area contributed by atoms with E-state index in [1.165, 1.54) is 4.88 Å². The standard InChI is InChI=1S/C18H18N6O2S/c1-9(2)20-15-7-12(14-5-4-10(3)27-14)21-16-11(8-19-24(15)16)6-13-17(25)23-18(26)22-13/h4-9,25H,1-3H3,(H2,22,23,26)/b11-6-,20-15?. The van der Waals surface area contributed by atoms with Crippen LogP contribution in [0, 0.1) is 6.92 Å². The number of aromatic amines is 2. The van der Waals surface area contributed by atoms with Crippen LogP contribution < -0.4 is 16.4 Å². The van der Waals surface area contributed by atoms with Crippen molar-refractivity contribution in [2.24, 2.45) is 4.99 Å². The van der Waals surface area contributed by atoms with Gasteiger partial charge in [-0.3, -0.25) is 9.98 Å². The summed E-state index contributed by atoms with van der Waals surface area (Å²) in [6.07, 6.45) is 3.26. The first-order chi connectivity index (χ1) is 12.9. The molecule has 0 aromatic carbocycles. The van der Waals surface area contributed by atoms with Gasteiger partial charge in [0.1, 0.15) is 5.69 Å². The van der Waals surface area contributed by atoms with Crippen LogP contribution in [0.5, 0.6) is 5.88 Å². The third kappa shape index (κ3) is 3.28. The number of imidazole rings is 1. The molecule has 0 saturated heterocycles. The Morgan fingerprint density at radius 2 is 2.15 bits per heavy atom. The maximum absolute atomic E-state index is 11.4. The molecule has 27 heavy (non-hydrogen) atoms. The number of fused-ring (bicyclic) bond motifs is 1. The third-order valence-corrected chi connectivity index (χ3v) is 4.92. The van der Waals surface area contributed by atoms with E-state index in [0.29, 0.717) is 16.4 Å². The van der Waals surface area contributed by atoms with Gasteiger partial charge >= 0.3 is 5.69 Å². The van der Waals surface area contributed by atoms with Crippen molar-refractivity contribution in [2.75, 3.05) is 0 Å². The highest BCUT2D eigenvalue weighted by Crippen LogP contribution is 2.25. The van der Waals surface area contributed by atoms with Crippen LogP contribution in [0.3, 0.4) is 0 Å². The summed E-state index contributed by atoms with van der Waals surface area (Å²) in [7, 11) is 0. The molecule has 4 rings (SSSR count). The van der Waals surface area contributed by atoms with Crippen LogP contribution in [-0.2, 0) is 0 Å². The molecule has 4 heterocycles. The molecule has 0 amide bonds. The van der Waals surface area contributed by atoms with Crippen molar-refractivity contribution in [3.8, 4) is 16.5 Å². The van der Waals surface area contributed by atoms with Gasteiger partial charge in [-0.25, -0.2) is 9.78 Å². The van der Waals surface area contributed by atoms with Gasteiger partial charge in [-0.1, -0.05) is 0 Å². The lowest BCUT2D eigenvalue weighted by atomic mass is 10.3. The van der Waals surface area contributed by atoms with Gasteiger partial charge in [0.2, 0.25) is 5.88 Å². The molecule has 0 fully saturated rings. The predicted molar refractivity (Wildman–Crippen MR) is 104 cm³/mol. The van der Waals surface area contributed by atoms with E-state index >= 15 is 0 Å². The molecule has 0 aliphatic carbocycles. The fourth-order valence-corrected chi connectivity index (χ4v) is 3.60. The number of aromatic hydroxyl groups is 1. The van der Waals surface area contributed by atoms with E-state index in [4.69, 9.17) is 4.98 Å². The minimum Gasteiger partial charge on any atom is -0.493 e. The molecule has 0 aliphatic rings. The van der Waals surface area contributed by atoms with Crippen molar-refractivity contribution in [2.45, 2.75) is 26.8 Å². The Labute approximate surface area is 157 Å². The van der Waals surface area contributed by atoms with Crippen molar-refractivity contribution in [1.82, 2.24) is 24.6 Å². The number of thiophene rings is 1. The van der Waals surface area contributed by atoms with Crippen LogP contribution in [0.1, 0.15) is 24.4 Å². The molecule has 138 valence electrons. The molecule has 9 heteroatoms. The Balaban J connectivity index is 2.03. The molecule has 0 bridgehead atoms. The topological polar surface area (TPSA) is 111 Å². The maximum Gasteiger partial charge on any atom is 0.326 e. The van der Waals surface area contributed by atoms with Crippen molar-refractivity contribution in [1.29, 1.82) is 0 Å². The average Bonchev–Trinajstić information content (AvgIpc) is 3.27. The van der Waals surface area contributed by atoms with E-state index in [2.05, 4.69) is 33.0 Å². The van der Waals surface area contributed by atoms with Crippen molar-refractivity contribution < 1.29 is 5.11 Å². The molecule has 0 radical (unpaired) electrons. The number of aromatic nitrogens is 5. The summed E-state index contributed by atoms with van der Waals surface area (Å²) in [6.45, 7) is 6.05. The molecule has 0 spiro atoms. The highest BCUT2D eigenvalue weighted by Gasteiger charge is 2.10. The largest absolute Gasteiger partial charge is 0.493 e. The second-order valence-electron chi connectivity index (χ2n) is 6.45. The number of hydrogen-bond donors (Lipinski definition) is 3. The number of aryl methyl sites for hydroxylation is 1. The fraction of sp³-hybridized carbons (Fsp3) is 0.222. The first-order valence-electron chi connectivity index (χ1n) is 8.43. The molecule has 8 nitrogen and oxygen atoms in total. The van der Waals surface area contributed by atoms with Gasteiger partial charge in [0.15, 0.2) is 11.1 Å². The van der Waals surface area contributed by atoms with Gasteiger partial charge in [-0.2, -0.15) is 9.61 Å². The van der Waals surface area contributed by atoms with Crippen LogP contribution in [0.15, 0.2) is 34.2 Å². The number of nitrogens with one attached hydrogen (secondary N) is 2. The Bertz CT molecular complexity index is 1310. The summed E-state index contributed by atoms with van der Waals surface area (Å²) < 4.78 is 1.66. The van der Waals surface area contributed by atoms with E-state index in [1.54, 1.807) is 28.1 Å². The van der Waals surface area contributed by atoms with Crippen molar-refractivity contribution in [3.05, 3.63) is 56.2 Å². The molecule has 0 unspecified atom stereocenters. The highest BCUT2D eigenvalue weighted by molar-refractivity contribution is 7.15. The lowest BCUT2D eigenvalue weighted by Crippen LogP contribution is -2.20. The summed E-state index contributed by atoms with van der Waals surface area (Å²) >= 11 is 1.66. The maximum atomic E-state index is 11.4.